The molecule has 0 amide bonds. The predicted octanol–water partition coefficient (Wildman–Crippen LogP) is 2.30. The summed E-state index contributed by atoms with van der Waals surface area (Å²) in [7, 11) is 1.54. The number of hydrogen-bond donors (Lipinski definition) is 0. The van der Waals surface area contributed by atoms with Crippen LogP contribution in [-0.4, -0.2) is 34.4 Å². The summed E-state index contributed by atoms with van der Waals surface area (Å²) in [6.45, 7) is 8.07. The van der Waals surface area contributed by atoms with Crippen molar-refractivity contribution in [3.63, 3.8) is 0 Å². The number of nitrogens with zero attached hydrogens (tertiary/aromatic N) is 2. The average molecular weight is 330 g/mol. The van der Waals surface area contributed by atoms with E-state index in [-0.39, 0.29) is 22.7 Å². The van der Waals surface area contributed by atoms with E-state index in [2.05, 4.69) is 0 Å². The molecule has 0 saturated carbocycles. The topological polar surface area (TPSA) is 66.5 Å². The molecule has 1 saturated heterocycles. The molecular formula is C17H23BN2O4. The molecule has 0 unspecified atom stereocenters. The molecule has 0 atom stereocenters. The van der Waals surface area contributed by atoms with Crippen LogP contribution in [0.4, 0.5) is 0 Å². The first-order valence-corrected chi connectivity index (χ1v) is 8.16. The van der Waals surface area contributed by atoms with E-state index in [1.54, 1.807) is 0 Å². The van der Waals surface area contributed by atoms with Gasteiger partial charge in [0.15, 0.2) is 0 Å². The number of hydrogen-bond acceptors (Lipinski definition) is 4. The van der Waals surface area contributed by atoms with Crippen molar-refractivity contribution in [2.45, 2.75) is 45.3 Å². The van der Waals surface area contributed by atoms with Gasteiger partial charge >= 0.3 is 7.12 Å². The first-order chi connectivity index (χ1) is 11.1. The molecule has 1 aliphatic heterocycles. The summed E-state index contributed by atoms with van der Waals surface area (Å²) in [5.74, 6) is 0. The number of rotatable bonds is 4. The summed E-state index contributed by atoms with van der Waals surface area (Å²) >= 11 is 0. The summed E-state index contributed by atoms with van der Waals surface area (Å²) in [6.07, 6.45) is 2.39. The van der Waals surface area contributed by atoms with E-state index >= 15 is 0 Å². The van der Waals surface area contributed by atoms with Gasteiger partial charge in [-0.1, -0.05) is 12.1 Å². The van der Waals surface area contributed by atoms with Crippen LogP contribution in [-0.2, 0) is 22.8 Å². The Hall–Kier alpha value is -1.86. The number of benzene rings is 1. The highest BCUT2D eigenvalue weighted by Gasteiger charge is 2.51. The molecule has 24 heavy (non-hydrogen) atoms. The molecule has 2 heterocycles. The third-order valence-corrected chi connectivity index (χ3v) is 5.19. The zero-order valence-electron chi connectivity index (χ0n) is 14.8. The van der Waals surface area contributed by atoms with Crippen LogP contribution >= 0.6 is 0 Å². The van der Waals surface area contributed by atoms with Crippen molar-refractivity contribution < 1.29 is 14.2 Å². The highest BCUT2D eigenvalue weighted by molar-refractivity contribution is 6.62. The minimum Gasteiger partial charge on any atom is -0.399 e. The molecule has 1 aromatic carbocycles. The van der Waals surface area contributed by atoms with Crippen LogP contribution in [0.2, 0.25) is 0 Å². The third-order valence-electron chi connectivity index (χ3n) is 5.19. The molecule has 0 bridgehead atoms. The van der Waals surface area contributed by atoms with Crippen LogP contribution in [0.25, 0.3) is 10.9 Å². The van der Waals surface area contributed by atoms with Gasteiger partial charge < -0.3 is 13.9 Å². The van der Waals surface area contributed by atoms with E-state index < -0.39 is 7.12 Å². The summed E-state index contributed by atoms with van der Waals surface area (Å²) in [6, 6.07) is 6.04. The van der Waals surface area contributed by atoms with Crippen LogP contribution in [0.15, 0.2) is 24.4 Å². The third kappa shape index (κ3) is 2.82. The van der Waals surface area contributed by atoms with Gasteiger partial charge in [-0.3, -0.25) is 10.1 Å². The molecule has 1 fully saturated rings. The monoisotopic (exact) mass is 330 g/mol. The lowest BCUT2D eigenvalue weighted by Gasteiger charge is -2.32. The quantitative estimate of drug-likeness (QED) is 0.490. The Balaban J connectivity index is 1.93. The Labute approximate surface area is 142 Å². The van der Waals surface area contributed by atoms with E-state index in [1.807, 2.05) is 63.7 Å². The first-order valence-electron chi connectivity index (χ1n) is 8.16. The van der Waals surface area contributed by atoms with Gasteiger partial charge in [-0.2, -0.15) is 0 Å². The minimum absolute atomic E-state index is 0.0574. The van der Waals surface area contributed by atoms with Crippen molar-refractivity contribution in [3.05, 3.63) is 40.1 Å². The van der Waals surface area contributed by atoms with Gasteiger partial charge in [0.1, 0.15) is 0 Å². The number of fused-ring (bicyclic) bond motifs is 1. The second-order valence-corrected chi connectivity index (χ2v) is 7.44. The Kier molecular flexibility index (Phi) is 3.96. The Bertz CT molecular complexity index is 781. The van der Waals surface area contributed by atoms with Crippen molar-refractivity contribution in [1.82, 2.24) is 4.57 Å². The molecule has 0 radical (unpaired) electrons. The molecule has 6 nitrogen and oxygen atoms in total. The average Bonchev–Trinajstić information content (AvgIpc) is 2.90. The van der Waals surface area contributed by atoms with Crippen LogP contribution in [0.3, 0.4) is 0 Å². The van der Waals surface area contributed by atoms with Gasteiger partial charge in [0.25, 0.3) is 0 Å². The minimum atomic E-state index is -0.406. The largest absolute Gasteiger partial charge is 0.494 e. The maximum Gasteiger partial charge on any atom is 0.494 e. The molecule has 128 valence electrons. The molecule has 1 aliphatic rings. The summed E-state index contributed by atoms with van der Waals surface area (Å²) < 4.78 is 14.2. The molecular weight excluding hydrogens is 307 g/mol. The molecule has 7 heteroatoms. The number of nitro groups is 1. The van der Waals surface area contributed by atoms with E-state index in [1.165, 1.54) is 0 Å². The van der Waals surface area contributed by atoms with Gasteiger partial charge in [-0.05, 0) is 44.8 Å². The molecule has 0 aliphatic carbocycles. The predicted molar refractivity (Wildman–Crippen MR) is 94.2 cm³/mol. The van der Waals surface area contributed by atoms with Gasteiger partial charge in [-0.25, -0.2) is 0 Å². The van der Waals surface area contributed by atoms with Gasteiger partial charge in [0.05, 0.1) is 11.2 Å². The molecule has 3 rings (SSSR count). The van der Waals surface area contributed by atoms with Gasteiger partial charge in [-0.15, -0.1) is 0 Å². The SMILES string of the molecule is Cn1cc(CC[N+](=O)[O-])c2ccc(B3OC(C)(C)C(C)(C)O3)cc21. The van der Waals surface area contributed by atoms with Crippen molar-refractivity contribution >= 4 is 23.5 Å². The fourth-order valence-electron chi connectivity index (χ4n) is 3.02. The van der Waals surface area contributed by atoms with E-state index in [4.69, 9.17) is 9.31 Å². The highest BCUT2D eigenvalue weighted by atomic mass is 16.7. The standard InChI is InChI=1S/C17H23BN2O4/c1-16(2)17(3,4)24-18(23-16)13-6-7-14-12(8-9-20(21)22)11-19(5)15(14)10-13/h6-7,10-11H,8-9H2,1-5H3. The Morgan fingerprint density at radius 2 is 1.83 bits per heavy atom. The zero-order chi connectivity index (χ0) is 17.7. The fraction of sp³-hybridized carbons (Fsp3) is 0.529. The molecule has 0 N–H and O–H groups in total. The summed E-state index contributed by atoms with van der Waals surface area (Å²) in [4.78, 5) is 10.4. The second-order valence-electron chi connectivity index (χ2n) is 7.44. The summed E-state index contributed by atoms with van der Waals surface area (Å²) in [5.41, 5.74) is 2.23. The van der Waals surface area contributed by atoms with Crippen LogP contribution in [0, 0.1) is 10.1 Å². The van der Waals surface area contributed by atoms with Crippen LogP contribution in [0.1, 0.15) is 33.3 Å². The number of aromatic nitrogens is 1. The van der Waals surface area contributed by atoms with Gasteiger partial charge in [0, 0.05) is 35.5 Å². The molecule has 2 aromatic rings. The van der Waals surface area contributed by atoms with Crippen molar-refractivity contribution in [3.8, 4) is 0 Å². The Morgan fingerprint density at radius 3 is 2.42 bits per heavy atom. The van der Waals surface area contributed by atoms with Crippen LogP contribution < -0.4 is 5.46 Å². The summed E-state index contributed by atoms with van der Waals surface area (Å²) in [5, 5.41) is 11.7. The lowest BCUT2D eigenvalue weighted by Crippen LogP contribution is -2.41. The maximum atomic E-state index is 10.6. The van der Waals surface area contributed by atoms with Crippen molar-refractivity contribution in [2.24, 2.45) is 7.05 Å². The number of aryl methyl sites for hydroxylation is 1. The zero-order valence-corrected chi connectivity index (χ0v) is 14.8. The van der Waals surface area contributed by atoms with Crippen molar-refractivity contribution in [2.75, 3.05) is 6.54 Å². The first kappa shape index (κ1) is 17.0. The van der Waals surface area contributed by atoms with Gasteiger partial charge in [0.2, 0.25) is 6.54 Å². The lowest BCUT2D eigenvalue weighted by molar-refractivity contribution is -0.479. The molecule has 1 aromatic heterocycles. The normalized spacial score (nSPS) is 19.1. The second kappa shape index (κ2) is 5.60. The maximum absolute atomic E-state index is 10.6. The van der Waals surface area contributed by atoms with E-state index in [0.717, 1.165) is 21.9 Å². The van der Waals surface area contributed by atoms with Crippen LogP contribution in [0.5, 0.6) is 0 Å². The Morgan fingerprint density at radius 1 is 1.21 bits per heavy atom. The van der Waals surface area contributed by atoms with E-state index in [9.17, 15) is 10.1 Å². The van der Waals surface area contributed by atoms with Crippen molar-refractivity contribution in [1.29, 1.82) is 0 Å². The lowest BCUT2D eigenvalue weighted by atomic mass is 9.78. The van der Waals surface area contributed by atoms with E-state index in [0.29, 0.717) is 6.42 Å². The smallest absolute Gasteiger partial charge is 0.399 e. The fourth-order valence-corrected chi connectivity index (χ4v) is 3.02. The molecule has 0 spiro atoms. The highest BCUT2D eigenvalue weighted by Crippen LogP contribution is 2.36.